The van der Waals surface area contributed by atoms with Crippen LogP contribution in [0.15, 0.2) is 48.8 Å². The monoisotopic (exact) mass is 376 g/mol. The maximum atomic E-state index is 6.20. The fourth-order valence-corrected chi connectivity index (χ4v) is 3.97. The Balaban J connectivity index is 1.19. The van der Waals surface area contributed by atoms with Gasteiger partial charge in [0.05, 0.1) is 5.52 Å². The number of nitrogens with zero attached hydrogens (tertiary/aromatic N) is 3. The van der Waals surface area contributed by atoms with Gasteiger partial charge in [-0.05, 0) is 31.0 Å². The lowest BCUT2D eigenvalue weighted by Crippen LogP contribution is -2.43. The molecule has 1 N–H and O–H groups in total. The third kappa shape index (κ3) is 3.64. The van der Waals surface area contributed by atoms with Crippen LogP contribution in [0.4, 0.5) is 5.82 Å². The Labute approximate surface area is 164 Å². The lowest BCUT2D eigenvalue weighted by atomic mass is 9.89. The molecule has 3 aromatic rings. The third-order valence-corrected chi connectivity index (χ3v) is 5.62. The Hall–Kier alpha value is -2.73. The van der Waals surface area contributed by atoms with Gasteiger partial charge in [0.2, 0.25) is 5.88 Å². The number of aromatic nitrogens is 3. The van der Waals surface area contributed by atoms with E-state index in [1.54, 1.807) is 12.4 Å². The van der Waals surface area contributed by atoms with Crippen molar-refractivity contribution in [2.45, 2.75) is 43.7 Å². The molecular formula is C22H24N4O2. The summed E-state index contributed by atoms with van der Waals surface area (Å²) >= 11 is 0. The van der Waals surface area contributed by atoms with Crippen molar-refractivity contribution in [2.24, 2.45) is 0 Å². The van der Waals surface area contributed by atoms with Crippen molar-refractivity contribution in [3.05, 3.63) is 54.5 Å². The van der Waals surface area contributed by atoms with Crippen LogP contribution in [0.1, 0.15) is 37.3 Å². The van der Waals surface area contributed by atoms with Crippen molar-refractivity contribution in [3.8, 4) is 5.88 Å². The van der Waals surface area contributed by atoms with Crippen LogP contribution in [0.3, 0.4) is 0 Å². The molecule has 1 aliphatic heterocycles. The van der Waals surface area contributed by atoms with Crippen LogP contribution >= 0.6 is 0 Å². The molecule has 0 atom stereocenters. The highest BCUT2D eigenvalue weighted by Gasteiger charge is 2.33. The summed E-state index contributed by atoms with van der Waals surface area (Å²) in [6, 6.07) is 12.7. The first kappa shape index (κ1) is 17.4. The van der Waals surface area contributed by atoms with Gasteiger partial charge in [0.1, 0.15) is 17.6 Å². The fourth-order valence-electron chi connectivity index (χ4n) is 3.97. The predicted octanol–water partition coefficient (Wildman–Crippen LogP) is 3.94. The molecule has 0 unspecified atom stereocenters. The summed E-state index contributed by atoms with van der Waals surface area (Å²) in [5.41, 5.74) is 2.00. The molecule has 0 bridgehead atoms. The first-order valence-corrected chi connectivity index (χ1v) is 10.0. The number of ether oxygens (including phenoxy) is 2. The summed E-state index contributed by atoms with van der Waals surface area (Å²) in [6.45, 7) is 1.57. The van der Waals surface area contributed by atoms with Gasteiger partial charge in [-0.25, -0.2) is 9.97 Å². The van der Waals surface area contributed by atoms with Crippen LogP contribution in [0.5, 0.6) is 5.88 Å². The van der Waals surface area contributed by atoms with E-state index in [0.29, 0.717) is 17.8 Å². The Kier molecular flexibility index (Phi) is 4.79. The Morgan fingerprint density at radius 1 is 0.964 bits per heavy atom. The Morgan fingerprint density at radius 3 is 2.68 bits per heavy atom. The van der Waals surface area contributed by atoms with Crippen molar-refractivity contribution >= 4 is 16.7 Å². The summed E-state index contributed by atoms with van der Waals surface area (Å²) in [4.78, 5) is 13.7. The van der Waals surface area contributed by atoms with Crippen molar-refractivity contribution < 1.29 is 9.47 Å². The van der Waals surface area contributed by atoms with E-state index in [0.717, 1.165) is 61.3 Å². The van der Waals surface area contributed by atoms with Gasteiger partial charge in [0, 0.05) is 55.8 Å². The zero-order valence-electron chi connectivity index (χ0n) is 15.8. The van der Waals surface area contributed by atoms with Crippen molar-refractivity contribution in [2.75, 3.05) is 18.5 Å². The van der Waals surface area contributed by atoms with Gasteiger partial charge in [0.15, 0.2) is 0 Å². The number of hydrogen-bond donors (Lipinski definition) is 1. The highest BCUT2D eigenvalue weighted by atomic mass is 16.5. The molecule has 2 fully saturated rings. The van der Waals surface area contributed by atoms with Crippen LogP contribution in [0.25, 0.3) is 10.9 Å². The number of benzene rings is 1. The van der Waals surface area contributed by atoms with Gasteiger partial charge in [-0.3, -0.25) is 4.98 Å². The first-order chi connectivity index (χ1) is 13.8. The summed E-state index contributed by atoms with van der Waals surface area (Å²) in [5.74, 6) is 2.00. The molecule has 1 aliphatic carbocycles. The molecule has 0 amide bonds. The van der Waals surface area contributed by atoms with E-state index in [1.807, 2.05) is 24.3 Å². The van der Waals surface area contributed by atoms with Gasteiger partial charge in [0.25, 0.3) is 0 Å². The van der Waals surface area contributed by atoms with E-state index < -0.39 is 0 Å². The van der Waals surface area contributed by atoms with E-state index in [2.05, 4.69) is 27.4 Å². The number of hydrogen-bond acceptors (Lipinski definition) is 6. The molecule has 1 saturated heterocycles. The van der Waals surface area contributed by atoms with Gasteiger partial charge in [-0.1, -0.05) is 18.2 Å². The van der Waals surface area contributed by atoms with Crippen molar-refractivity contribution in [3.63, 3.8) is 0 Å². The Morgan fingerprint density at radius 2 is 1.79 bits per heavy atom. The second kappa shape index (κ2) is 7.72. The zero-order valence-corrected chi connectivity index (χ0v) is 15.8. The van der Waals surface area contributed by atoms with E-state index in [1.165, 1.54) is 0 Å². The van der Waals surface area contributed by atoms with Crippen LogP contribution in [-0.4, -0.2) is 40.3 Å². The quantitative estimate of drug-likeness (QED) is 0.727. The molecule has 28 heavy (non-hydrogen) atoms. The lowest BCUT2D eigenvalue weighted by Gasteiger charge is -2.36. The van der Waals surface area contributed by atoms with Crippen LogP contribution < -0.4 is 10.1 Å². The number of pyridine rings is 1. The maximum absolute atomic E-state index is 6.20. The van der Waals surface area contributed by atoms with E-state index >= 15 is 0 Å². The number of rotatable bonds is 5. The number of nitrogens with one attached hydrogen (secondary N) is 1. The summed E-state index contributed by atoms with van der Waals surface area (Å²) in [6.07, 6.45) is 7.50. The van der Waals surface area contributed by atoms with Crippen LogP contribution in [0, 0.1) is 0 Å². The van der Waals surface area contributed by atoms with E-state index in [9.17, 15) is 0 Å². The minimum absolute atomic E-state index is 0.174. The summed E-state index contributed by atoms with van der Waals surface area (Å²) in [5, 5.41) is 4.68. The van der Waals surface area contributed by atoms with E-state index in [-0.39, 0.29) is 6.10 Å². The van der Waals surface area contributed by atoms with Crippen LogP contribution in [0.2, 0.25) is 0 Å². The summed E-state index contributed by atoms with van der Waals surface area (Å²) < 4.78 is 11.7. The zero-order chi connectivity index (χ0) is 18.8. The Bertz CT molecular complexity index is 952. The molecule has 3 heterocycles. The molecule has 5 rings (SSSR count). The third-order valence-electron chi connectivity index (χ3n) is 5.62. The minimum Gasteiger partial charge on any atom is -0.473 e. The molecule has 2 aliphatic rings. The van der Waals surface area contributed by atoms with Crippen LogP contribution in [-0.2, 0) is 4.74 Å². The average Bonchev–Trinajstić information content (AvgIpc) is 2.73. The first-order valence-electron chi connectivity index (χ1n) is 10.0. The number of fused-ring (bicyclic) bond motifs is 1. The second-order valence-electron chi connectivity index (χ2n) is 7.58. The van der Waals surface area contributed by atoms with Gasteiger partial charge in [-0.15, -0.1) is 0 Å². The normalized spacial score (nSPS) is 22.6. The molecular weight excluding hydrogens is 352 g/mol. The molecule has 2 aromatic heterocycles. The molecule has 6 nitrogen and oxygen atoms in total. The molecule has 1 saturated carbocycles. The standard InChI is InChI=1S/C22H24N4O2/c1-2-4-19-15(3-1)5-6-20(26-19)25-17-13-18(14-17)28-22-21(23-9-10-24-22)16-7-11-27-12-8-16/h1-6,9-10,16-18H,7-8,11-14H2,(H,25,26). The molecule has 0 spiro atoms. The molecule has 1 aromatic carbocycles. The molecule has 0 radical (unpaired) electrons. The van der Waals surface area contributed by atoms with Gasteiger partial charge < -0.3 is 14.8 Å². The topological polar surface area (TPSA) is 69.2 Å². The molecule has 144 valence electrons. The fraction of sp³-hybridized carbons (Fsp3) is 0.409. The second-order valence-corrected chi connectivity index (χ2v) is 7.58. The maximum Gasteiger partial charge on any atom is 0.236 e. The van der Waals surface area contributed by atoms with Crippen molar-refractivity contribution in [1.82, 2.24) is 15.0 Å². The summed E-state index contributed by atoms with van der Waals surface area (Å²) in [7, 11) is 0. The van der Waals surface area contributed by atoms with E-state index in [4.69, 9.17) is 14.5 Å². The highest BCUT2D eigenvalue weighted by molar-refractivity contribution is 5.80. The predicted molar refractivity (Wildman–Crippen MR) is 108 cm³/mol. The van der Waals surface area contributed by atoms with Gasteiger partial charge >= 0.3 is 0 Å². The largest absolute Gasteiger partial charge is 0.473 e. The smallest absolute Gasteiger partial charge is 0.236 e. The SMILES string of the molecule is c1ccc2nc(NC3CC(Oc4nccnc4C4CCOCC4)C3)ccc2c1. The van der Waals surface area contributed by atoms with Gasteiger partial charge in [-0.2, -0.15) is 0 Å². The number of para-hydroxylation sites is 1. The minimum atomic E-state index is 0.174. The van der Waals surface area contributed by atoms with Crippen molar-refractivity contribution in [1.29, 1.82) is 0 Å². The molecule has 6 heteroatoms. The highest BCUT2D eigenvalue weighted by Crippen LogP contribution is 2.34. The number of anilines is 1. The lowest BCUT2D eigenvalue weighted by molar-refractivity contribution is 0.0780. The average molecular weight is 376 g/mol.